The van der Waals surface area contributed by atoms with Crippen molar-refractivity contribution >= 4 is 28.4 Å². The molecule has 0 atom stereocenters. The maximum absolute atomic E-state index is 13.9. The van der Waals surface area contributed by atoms with Crippen molar-refractivity contribution in [3.05, 3.63) is 36.4 Å². The number of anilines is 1. The van der Waals surface area contributed by atoms with Crippen molar-refractivity contribution in [1.29, 1.82) is 0 Å². The minimum Gasteiger partial charge on any atom is -0.434 e. The molecule has 2 fully saturated rings. The zero-order valence-corrected chi connectivity index (χ0v) is 20.3. The fraction of sp³-hybridized carbons (Fsp3) is 0.538. The first-order valence-corrected chi connectivity index (χ1v) is 12.8. The van der Waals surface area contributed by atoms with Gasteiger partial charge >= 0.3 is 6.16 Å². The van der Waals surface area contributed by atoms with Gasteiger partial charge in [-0.3, -0.25) is 9.69 Å². The highest BCUT2D eigenvalue weighted by Crippen LogP contribution is 2.46. The molecule has 7 heteroatoms. The van der Waals surface area contributed by atoms with E-state index in [0.29, 0.717) is 29.9 Å². The Morgan fingerprint density at radius 3 is 2.42 bits per heavy atom. The Morgan fingerprint density at radius 2 is 1.76 bits per heavy atom. The van der Waals surface area contributed by atoms with E-state index < -0.39 is 6.16 Å². The number of thiophene rings is 1. The smallest absolute Gasteiger partial charge is 0.434 e. The van der Waals surface area contributed by atoms with E-state index in [-0.39, 0.29) is 24.5 Å². The van der Waals surface area contributed by atoms with Gasteiger partial charge in [-0.05, 0) is 56.9 Å². The van der Waals surface area contributed by atoms with Crippen molar-refractivity contribution in [3.63, 3.8) is 0 Å². The van der Waals surface area contributed by atoms with Crippen LogP contribution in [0.4, 0.5) is 9.80 Å². The molecule has 0 bridgehead atoms. The van der Waals surface area contributed by atoms with Gasteiger partial charge in [0.25, 0.3) is 0 Å². The summed E-state index contributed by atoms with van der Waals surface area (Å²) in [5.74, 6) is 1.20. The van der Waals surface area contributed by atoms with Crippen LogP contribution in [0.3, 0.4) is 0 Å². The molecule has 1 aliphatic carbocycles. The zero-order valence-electron chi connectivity index (χ0n) is 19.5. The van der Waals surface area contributed by atoms with Crippen molar-refractivity contribution < 1.29 is 23.8 Å². The maximum atomic E-state index is 13.9. The molecule has 0 N–H and O–H groups in total. The van der Waals surface area contributed by atoms with E-state index in [4.69, 9.17) is 14.2 Å². The minimum absolute atomic E-state index is 0.00163. The summed E-state index contributed by atoms with van der Waals surface area (Å²) in [6.45, 7) is 5.48. The van der Waals surface area contributed by atoms with Gasteiger partial charge in [0, 0.05) is 36.1 Å². The molecule has 33 heavy (non-hydrogen) atoms. The van der Waals surface area contributed by atoms with Crippen LogP contribution in [0.15, 0.2) is 36.4 Å². The van der Waals surface area contributed by atoms with Crippen LogP contribution in [0, 0.1) is 11.8 Å². The van der Waals surface area contributed by atoms with Gasteiger partial charge < -0.3 is 14.2 Å². The van der Waals surface area contributed by atoms with Gasteiger partial charge in [0.2, 0.25) is 5.91 Å². The lowest BCUT2D eigenvalue weighted by atomic mass is 9.82. The van der Waals surface area contributed by atoms with Crippen LogP contribution in [0.25, 0.3) is 10.4 Å². The summed E-state index contributed by atoms with van der Waals surface area (Å²) in [5.41, 5.74) is 1.02. The topological polar surface area (TPSA) is 65.1 Å². The van der Waals surface area contributed by atoms with Gasteiger partial charge in [0.15, 0.2) is 5.75 Å². The molecule has 1 saturated heterocycles. The number of ether oxygens (including phenoxy) is 3. The lowest BCUT2D eigenvalue weighted by Crippen LogP contribution is -2.46. The maximum Gasteiger partial charge on any atom is 0.513 e. The molecule has 1 aromatic carbocycles. The highest BCUT2D eigenvalue weighted by Gasteiger charge is 2.36. The van der Waals surface area contributed by atoms with Crippen LogP contribution >= 0.6 is 11.3 Å². The molecule has 1 aromatic heterocycles. The first kappa shape index (κ1) is 23.8. The number of hydrogen-bond acceptors (Lipinski definition) is 6. The Labute approximate surface area is 199 Å². The Hall–Kier alpha value is -2.38. The number of hydrogen-bond donors (Lipinski definition) is 0. The molecule has 2 aromatic rings. The van der Waals surface area contributed by atoms with Crippen LogP contribution in [-0.2, 0) is 14.3 Å². The first-order valence-electron chi connectivity index (χ1n) is 12.0. The predicted octanol–water partition coefficient (Wildman–Crippen LogP) is 6.29. The van der Waals surface area contributed by atoms with Crippen molar-refractivity contribution in [2.75, 3.05) is 24.7 Å². The average molecular weight is 472 g/mol. The molecule has 0 unspecified atom stereocenters. The second kappa shape index (κ2) is 11.2. The fourth-order valence-corrected chi connectivity index (χ4v) is 5.85. The summed E-state index contributed by atoms with van der Waals surface area (Å²) >= 11 is 1.50. The predicted molar refractivity (Wildman–Crippen MR) is 130 cm³/mol. The number of amides is 1. The van der Waals surface area contributed by atoms with Gasteiger partial charge in [0.1, 0.15) is 5.00 Å². The van der Waals surface area contributed by atoms with E-state index in [0.717, 1.165) is 49.0 Å². The summed E-state index contributed by atoms with van der Waals surface area (Å²) in [6.07, 6.45) is 4.75. The molecule has 1 aliphatic heterocycles. The van der Waals surface area contributed by atoms with Crippen LogP contribution in [-0.4, -0.2) is 37.9 Å². The van der Waals surface area contributed by atoms with Crippen LogP contribution in [0.2, 0.25) is 0 Å². The molecule has 178 valence electrons. The third-order valence-corrected chi connectivity index (χ3v) is 7.74. The van der Waals surface area contributed by atoms with Gasteiger partial charge in [-0.1, -0.05) is 37.3 Å². The van der Waals surface area contributed by atoms with E-state index in [1.54, 1.807) is 6.92 Å². The average Bonchev–Trinajstić information content (AvgIpc) is 3.24. The number of benzene rings is 1. The molecule has 0 spiro atoms. The number of carbonyl (C=O) groups is 2. The van der Waals surface area contributed by atoms with E-state index >= 15 is 0 Å². The summed E-state index contributed by atoms with van der Waals surface area (Å²) in [4.78, 5) is 29.1. The standard InChI is InChI=1S/C26H33NO5S/c1-3-31-26(29)32-22-17-23(19-7-5-4-6-8-19)33-25(22)27(21-13-15-30-16-14-21)24(28)20-11-9-18(2)10-12-20/h4-8,17-18,20-21H,3,9-16H2,1-2H3. The SMILES string of the molecule is CCOC(=O)Oc1cc(-c2ccccc2)sc1N(C(=O)C1CCC(C)CC1)C1CCOCC1. The van der Waals surface area contributed by atoms with Crippen molar-refractivity contribution in [1.82, 2.24) is 0 Å². The van der Waals surface area contributed by atoms with Crippen LogP contribution in [0.5, 0.6) is 5.75 Å². The van der Waals surface area contributed by atoms with Crippen LogP contribution < -0.4 is 9.64 Å². The molecular weight excluding hydrogens is 438 g/mol. The Bertz CT molecular complexity index is 929. The lowest BCUT2D eigenvalue weighted by Gasteiger charge is -2.37. The lowest BCUT2D eigenvalue weighted by molar-refractivity contribution is -0.124. The van der Waals surface area contributed by atoms with Gasteiger partial charge in [-0.2, -0.15) is 0 Å². The molecule has 2 heterocycles. The third kappa shape index (κ3) is 5.76. The monoisotopic (exact) mass is 471 g/mol. The summed E-state index contributed by atoms with van der Waals surface area (Å²) in [7, 11) is 0. The summed E-state index contributed by atoms with van der Waals surface area (Å²) < 4.78 is 16.3. The number of rotatable bonds is 6. The zero-order chi connectivity index (χ0) is 23.2. The Morgan fingerprint density at radius 1 is 1.06 bits per heavy atom. The minimum atomic E-state index is -0.748. The van der Waals surface area contributed by atoms with E-state index in [9.17, 15) is 9.59 Å². The third-order valence-electron chi connectivity index (χ3n) is 6.57. The normalized spacial score (nSPS) is 21.4. The Kier molecular flexibility index (Phi) is 8.04. The van der Waals surface area contributed by atoms with E-state index in [1.807, 2.05) is 41.3 Å². The first-order chi connectivity index (χ1) is 16.1. The molecule has 4 rings (SSSR count). The molecule has 0 radical (unpaired) electrons. The van der Waals surface area contributed by atoms with Gasteiger partial charge in [-0.15, -0.1) is 11.3 Å². The second-order valence-corrected chi connectivity index (χ2v) is 9.97. The van der Waals surface area contributed by atoms with E-state index in [1.165, 1.54) is 11.3 Å². The number of carbonyl (C=O) groups excluding carboxylic acids is 2. The molecular formula is C26H33NO5S. The van der Waals surface area contributed by atoms with Crippen molar-refractivity contribution in [2.24, 2.45) is 11.8 Å². The molecule has 1 saturated carbocycles. The molecule has 2 aliphatic rings. The van der Waals surface area contributed by atoms with Crippen molar-refractivity contribution in [3.8, 4) is 16.2 Å². The Balaban J connectivity index is 1.72. The van der Waals surface area contributed by atoms with Crippen molar-refractivity contribution in [2.45, 2.75) is 58.4 Å². The highest BCUT2D eigenvalue weighted by atomic mass is 32.1. The fourth-order valence-electron chi connectivity index (χ4n) is 4.68. The van der Waals surface area contributed by atoms with Gasteiger partial charge in [-0.25, -0.2) is 4.79 Å². The highest BCUT2D eigenvalue weighted by molar-refractivity contribution is 7.20. The van der Waals surface area contributed by atoms with Crippen LogP contribution in [0.1, 0.15) is 52.4 Å². The summed E-state index contributed by atoms with van der Waals surface area (Å²) in [5, 5.41) is 0.692. The molecule has 6 nitrogen and oxygen atoms in total. The van der Waals surface area contributed by atoms with E-state index in [2.05, 4.69) is 6.92 Å². The largest absolute Gasteiger partial charge is 0.513 e. The number of nitrogens with zero attached hydrogens (tertiary/aromatic N) is 1. The van der Waals surface area contributed by atoms with Gasteiger partial charge in [0.05, 0.1) is 6.61 Å². The summed E-state index contributed by atoms with van der Waals surface area (Å²) in [6, 6.07) is 11.8. The molecule has 1 amide bonds. The quantitative estimate of drug-likeness (QED) is 0.463. The second-order valence-electron chi connectivity index (χ2n) is 8.94.